The number of amides is 1. The minimum Gasteiger partial charge on any atom is -0.340 e. The third-order valence-corrected chi connectivity index (χ3v) is 6.43. The molecule has 0 aromatic rings. The second kappa shape index (κ2) is 12.0. The molecule has 3 aliphatic heterocycles. The van der Waals surface area contributed by atoms with Crippen molar-refractivity contribution in [3.05, 3.63) is 0 Å². The molecule has 3 saturated heterocycles. The summed E-state index contributed by atoms with van der Waals surface area (Å²) in [4.78, 5) is 23.9. The molecule has 0 radical (unpaired) electrons. The first-order chi connectivity index (χ1) is 13.7. The number of hydrogen-bond donors (Lipinski definition) is 2. The Kier molecular flexibility index (Phi) is 9.43. The van der Waals surface area contributed by atoms with E-state index in [9.17, 15) is 4.79 Å². The fraction of sp³-hybridized carbons (Fsp3) is 0.950. The van der Waals surface area contributed by atoms with Gasteiger partial charge in [0.05, 0.1) is 0 Å². The molecule has 162 valence electrons. The van der Waals surface area contributed by atoms with Crippen LogP contribution in [0.15, 0.2) is 0 Å². The summed E-state index contributed by atoms with van der Waals surface area (Å²) in [5, 5.41) is 6.90. The predicted molar refractivity (Wildman–Crippen MR) is 114 cm³/mol. The molecule has 3 heterocycles. The highest BCUT2D eigenvalue weighted by Crippen LogP contribution is 2.04. The summed E-state index contributed by atoms with van der Waals surface area (Å²) in [6.45, 7) is 21.7. The third-order valence-electron chi connectivity index (χ3n) is 6.43. The zero-order chi connectivity index (χ0) is 19.6. The van der Waals surface area contributed by atoms with E-state index in [4.69, 9.17) is 0 Å². The summed E-state index contributed by atoms with van der Waals surface area (Å²) in [5.41, 5.74) is 0. The molecule has 0 bridgehead atoms. The van der Waals surface area contributed by atoms with Crippen LogP contribution in [0.25, 0.3) is 0 Å². The standard InChI is InChI=1S/C20H41N7O/c1-20(28)27-18-16-26(17-19-27)15-14-25(12-10-23-6-2-21-3-7-23)13-11-24-8-4-22-5-9-24/h21-22H,2-19H2,1H3. The first-order valence-corrected chi connectivity index (χ1v) is 11.3. The van der Waals surface area contributed by atoms with Crippen molar-refractivity contribution in [1.82, 2.24) is 35.1 Å². The Morgan fingerprint density at radius 1 is 0.679 bits per heavy atom. The van der Waals surface area contributed by atoms with Crippen LogP contribution in [0.2, 0.25) is 0 Å². The van der Waals surface area contributed by atoms with Crippen molar-refractivity contribution >= 4 is 5.91 Å². The van der Waals surface area contributed by atoms with Gasteiger partial charge in [-0.25, -0.2) is 0 Å². The van der Waals surface area contributed by atoms with Crippen molar-refractivity contribution in [2.75, 3.05) is 118 Å². The lowest BCUT2D eigenvalue weighted by atomic mass is 10.3. The molecular weight excluding hydrogens is 354 g/mol. The fourth-order valence-electron chi connectivity index (χ4n) is 4.34. The molecule has 8 heteroatoms. The summed E-state index contributed by atoms with van der Waals surface area (Å²) in [5.74, 6) is 0.216. The fourth-order valence-corrected chi connectivity index (χ4v) is 4.34. The number of carbonyl (C=O) groups is 1. The van der Waals surface area contributed by atoms with Gasteiger partial charge in [-0.3, -0.25) is 24.4 Å². The Hall–Kier alpha value is -0.770. The molecule has 1 amide bonds. The molecule has 0 spiro atoms. The zero-order valence-electron chi connectivity index (χ0n) is 17.9. The smallest absolute Gasteiger partial charge is 0.219 e. The third kappa shape index (κ3) is 7.57. The topological polar surface area (TPSA) is 57.3 Å². The van der Waals surface area contributed by atoms with Crippen molar-refractivity contribution in [1.29, 1.82) is 0 Å². The van der Waals surface area contributed by atoms with Gasteiger partial charge in [0.25, 0.3) is 0 Å². The lowest BCUT2D eigenvalue weighted by molar-refractivity contribution is -0.130. The Bertz CT molecular complexity index is 422. The summed E-state index contributed by atoms with van der Waals surface area (Å²) in [7, 11) is 0. The average Bonchev–Trinajstić information content (AvgIpc) is 2.75. The maximum atomic E-state index is 11.5. The largest absolute Gasteiger partial charge is 0.340 e. The van der Waals surface area contributed by atoms with Crippen LogP contribution < -0.4 is 10.6 Å². The summed E-state index contributed by atoms with van der Waals surface area (Å²) >= 11 is 0. The van der Waals surface area contributed by atoms with Gasteiger partial charge in [0.15, 0.2) is 0 Å². The quantitative estimate of drug-likeness (QED) is 0.481. The first kappa shape index (κ1) is 21.9. The molecule has 0 atom stereocenters. The molecule has 3 aliphatic rings. The Labute approximate surface area is 171 Å². The van der Waals surface area contributed by atoms with Crippen molar-refractivity contribution in [2.45, 2.75) is 6.92 Å². The van der Waals surface area contributed by atoms with E-state index >= 15 is 0 Å². The van der Waals surface area contributed by atoms with Gasteiger partial charge < -0.3 is 15.5 Å². The molecule has 8 nitrogen and oxygen atoms in total. The maximum Gasteiger partial charge on any atom is 0.219 e. The van der Waals surface area contributed by atoms with E-state index in [2.05, 4.69) is 30.2 Å². The van der Waals surface area contributed by atoms with Gasteiger partial charge >= 0.3 is 0 Å². The van der Waals surface area contributed by atoms with E-state index in [0.717, 1.165) is 65.4 Å². The second-order valence-corrected chi connectivity index (χ2v) is 8.37. The van der Waals surface area contributed by atoms with Gasteiger partial charge in [-0.2, -0.15) is 0 Å². The number of nitrogens with zero attached hydrogens (tertiary/aromatic N) is 5. The molecule has 0 unspecified atom stereocenters. The Morgan fingerprint density at radius 2 is 1.07 bits per heavy atom. The van der Waals surface area contributed by atoms with Crippen LogP contribution in [0.4, 0.5) is 0 Å². The van der Waals surface area contributed by atoms with E-state index in [-0.39, 0.29) is 5.91 Å². The van der Waals surface area contributed by atoms with Crippen LogP contribution in [0.3, 0.4) is 0 Å². The Morgan fingerprint density at radius 3 is 1.46 bits per heavy atom. The predicted octanol–water partition coefficient (Wildman–Crippen LogP) is -1.74. The second-order valence-electron chi connectivity index (χ2n) is 8.37. The molecule has 0 aromatic carbocycles. The number of carbonyl (C=O) groups excluding carboxylic acids is 1. The van der Waals surface area contributed by atoms with Gasteiger partial charge in [-0.05, 0) is 0 Å². The van der Waals surface area contributed by atoms with Crippen molar-refractivity contribution in [3.63, 3.8) is 0 Å². The van der Waals surface area contributed by atoms with Crippen LogP contribution in [0, 0.1) is 0 Å². The molecule has 3 fully saturated rings. The molecule has 0 aromatic heterocycles. The molecular formula is C20H41N7O. The Balaban J connectivity index is 1.40. The van der Waals surface area contributed by atoms with Crippen LogP contribution in [0.5, 0.6) is 0 Å². The van der Waals surface area contributed by atoms with Gasteiger partial charge in [0.1, 0.15) is 0 Å². The normalized spacial score (nSPS) is 23.4. The zero-order valence-corrected chi connectivity index (χ0v) is 17.9. The maximum absolute atomic E-state index is 11.5. The highest BCUT2D eigenvalue weighted by atomic mass is 16.2. The van der Waals surface area contributed by atoms with Crippen LogP contribution in [0.1, 0.15) is 6.92 Å². The lowest BCUT2D eigenvalue weighted by Crippen LogP contribution is -2.51. The number of hydrogen-bond acceptors (Lipinski definition) is 7. The number of rotatable bonds is 9. The van der Waals surface area contributed by atoms with Crippen LogP contribution in [-0.2, 0) is 4.79 Å². The molecule has 28 heavy (non-hydrogen) atoms. The minimum absolute atomic E-state index is 0.216. The van der Waals surface area contributed by atoms with Gasteiger partial charge in [-0.15, -0.1) is 0 Å². The first-order valence-electron chi connectivity index (χ1n) is 11.3. The summed E-state index contributed by atoms with van der Waals surface area (Å²) in [6.07, 6.45) is 0. The molecule has 2 N–H and O–H groups in total. The van der Waals surface area contributed by atoms with Gasteiger partial charge in [-0.1, -0.05) is 0 Å². The lowest BCUT2D eigenvalue weighted by Gasteiger charge is -2.36. The average molecular weight is 396 g/mol. The van der Waals surface area contributed by atoms with E-state index in [1.54, 1.807) is 6.92 Å². The monoisotopic (exact) mass is 395 g/mol. The minimum atomic E-state index is 0.216. The number of nitrogens with one attached hydrogen (secondary N) is 2. The van der Waals surface area contributed by atoms with E-state index in [1.807, 2.05) is 4.90 Å². The highest BCUT2D eigenvalue weighted by molar-refractivity contribution is 5.73. The summed E-state index contributed by atoms with van der Waals surface area (Å²) in [6, 6.07) is 0. The van der Waals surface area contributed by atoms with Crippen molar-refractivity contribution in [3.8, 4) is 0 Å². The summed E-state index contributed by atoms with van der Waals surface area (Å²) < 4.78 is 0. The van der Waals surface area contributed by atoms with Crippen molar-refractivity contribution < 1.29 is 4.79 Å². The number of piperazine rings is 3. The molecule has 0 aliphatic carbocycles. The van der Waals surface area contributed by atoms with Crippen LogP contribution >= 0.6 is 0 Å². The van der Waals surface area contributed by atoms with Crippen LogP contribution in [-0.4, -0.2) is 148 Å². The van der Waals surface area contributed by atoms with E-state index < -0.39 is 0 Å². The highest BCUT2D eigenvalue weighted by Gasteiger charge is 2.20. The molecule has 0 saturated carbocycles. The van der Waals surface area contributed by atoms with Gasteiger partial charge in [0, 0.05) is 125 Å². The molecule has 3 rings (SSSR count). The van der Waals surface area contributed by atoms with Crippen molar-refractivity contribution in [2.24, 2.45) is 0 Å². The van der Waals surface area contributed by atoms with Gasteiger partial charge in [0.2, 0.25) is 5.91 Å². The SMILES string of the molecule is CC(=O)N1CCN(CCN(CCN2CCNCC2)CCN2CCNCC2)CC1. The van der Waals surface area contributed by atoms with E-state index in [1.165, 1.54) is 52.4 Å². The van der Waals surface area contributed by atoms with E-state index in [0.29, 0.717) is 0 Å².